The minimum Gasteiger partial charge on any atom is -0.454 e. The number of fused-ring (bicyclic) bond motifs is 1. The monoisotopic (exact) mass is 332 g/mol. The highest BCUT2D eigenvalue weighted by molar-refractivity contribution is 6.08. The van der Waals surface area contributed by atoms with Crippen LogP contribution in [0.5, 0.6) is 17.2 Å². The fourth-order valence-corrected chi connectivity index (χ4v) is 3.03. The Morgan fingerprint density at radius 3 is 2.83 bits per heavy atom. The molecule has 1 aliphatic carbocycles. The molecule has 3 aliphatic rings. The lowest BCUT2D eigenvalue weighted by atomic mass is 9.96. The van der Waals surface area contributed by atoms with Gasteiger partial charge in [0.25, 0.3) is 5.91 Å². The van der Waals surface area contributed by atoms with Crippen molar-refractivity contribution in [2.45, 2.75) is 25.3 Å². The number of esters is 1. The molecule has 4 rings (SSSR count). The molecule has 0 bridgehead atoms. The first-order chi connectivity index (χ1) is 11.5. The zero-order chi connectivity index (χ0) is 16.9. The van der Waals surface area contributed by atoms with Gasteiger partial charge in [0.2, 0.25) is 6.79 Å². The van der Waals surface area contributed by atoms with Crippen LogP contribution in [0.1, 0.15) is 19.8 Å². The summed E-state index contributed by atoms with van der Waals surface area (Å²) in [5, 5.41) is 2.69. The quantitative estimate of drug-likeness (QED) is 0.503. The Kier molecular flexibility index (Phi) is 3.16. The van der Waals surface area contributed by atoms with E-state index in [1.54, 1.807) is 19.1 Å². The van der Waals surface area contributed by atoms with Crippen molar-refractivity contribution in [2.24, 2.45) is 5.92 Å². The normalized spacial score (nSPS) is 25.0. The molecule has 2 aliphatic heterocycles. The van der Waals surface area contributed by atoms with E-state index in [9.17, 15) is 14.4 Å². The predicted molar refractivity (Wildman–Crippen MR) is 79.6 cm³/mol. The summed E-state index contributed by atoms with van der Waals surface area (Å²) >= 11 is 0. The second-order valence-electron chi connectivity index (χ2n) is 6.29. The number of urea groups is 1. The van der Waals surface area contributed by atoms with Crippen LogP contribution in [0, 0.1) is 5.92 Å². The van der Waals surface area contributed by atoms with E-state index < -0.39 is 24.1 Å². The molecule has 1 saturated heterocycles. The molecular formula is C16H16N2O6. The smallest absolute Gasteiger partial charge is 0.331 e. The molecule has 2 fully saturated rings. The molecule has 0 aromatic heterocycles. The number of hydrogen-bond donors (Lipinski definition) is 1. The van der Waals surface area contributed by atoms with Gasteiger partial charge in [0.1, 0.15) is 17.8 Å². The van der Waals surface area contributed by atoms with Crippen LogP contribution in [0.25, 0.3) is 0 Å². The molecule has 2 heterocycles. The Balaban J connectivity index is 1.42. The van der Waals surface area contributed by atoms with Crippen molar-refractivity contribution in [3.63, 3.8) is 0 Å². The summed E-state index contributed by atoms with van der Waals surface area (Å²) in [5.74, 6) is 0.390. The third-order valence-electron chi connectivity index (χ3n) is 4.56. The first kappa shape index (κ1) is 14.8. The molecule has 3 amide bonds. The van der Waals surface area contributed by atoms with Gasteiger partial charge in [-0.05, 0) is 37.8 Å². The van der Waals surface area contributed by atoms with E-state index in [1.807, 2.05) is 0 Å². The summed E-state index contributed by atoms with van der Waals surface area (Å²) in [7, 11) is 0. The van der Waals surface area contributed by atoms with E-state index >= 15 is 0 Å². The summed E-state index contributed by atoms with van der Waals surface area (Å²) in [6.45, 7) is 1.39. The summed E-state index contributed by atoms with van der Waals surface area (Å²) < 4.78 is 15.6. The Labute approximate surface area is 137 Å². The molecule has 1 saturated carbocycles. The van der Waals surface area contributed by atoms with E-state index in [0.717, 1.165) is 17.7 Å². The number of benzene rings is 1. The van der Waals surface area contributed by atoms with Crippen molar-refractivity contribution in [1.29, 1.82) is 0 Å². The highest BCUT2D eigenvalue weighted by Gasteiger charge is 2.56. The van der Waals surface area contributed by atoms with Gasteiger partial charge in [0, 0.05) is 6.07 Å². The zero-order valence-electron chi connectivity index (χ0n) is 13.0. The average Bonchev–Trinajstić information content (AvgIpc) is 3.26. The first-order valence-electron chi connectivity index (χ1n) is 7.72. The Morgan fingerprint density at radius 1 is 1.33 bits per heavy atom. The molecule has 126 valence electrons. The maximum atomic E-state index is 12.5. The molecule has 1 N–H and O–H groups in total. The molecule has 24 heavy (non-hydrogen) atoms. The number of nitrogens with one attached hydrogen (secondary N) is 1. The predicted octanol–water partition coefficient (Wildman–Crippen LogP) is 1.04. The molecule has 1 aromatic rings. The molecular weight excluding hydrogens is 316 g/mol. The van der Waals surface area contributed by atoms with Gasteiger partial charge in [-0.2, -0.15) is 0 Å². The molecule has 0 spiro atoms. The van der Waals surface area contributed by atoms with Crippen LogP contribution < -0.4 is 19.5 Å². The van der Waals surface area contributed by atoms with Crippen molar-refractivity contribution >= 4 is 17.9 Å². The highest BCUT2D eigenvalue weighted by Crippen LogP contribution is 2.42. The second-order valence-corrected chi connectivity index (χ2v) is 6.29. The van der Waals surface area contributed by atoms with Gasteiger partial charge in [-0.3, -0.25) is 9.69 Å². The number of rotatable bonds is 4. The number of carbonyl (C=O) groups is 3. The largest absolute Gasteiger partial charge is 0.454 e. The molecule has 1 atom stereocenters. The number of ether oxygens (including phenoxy) is 3. The lowest BCUT2D eigenvalue weighted by Gasteiger charge is -2.20. The third kappa shape index (κ3) is 2.34. The van der Waals surface area contributed by atoms with Crippen molar-refractivity contribution in [3.05, 3.63) is 18.2 Å². The second kappa shape index (κ2) is 5.12. The van der Waals surface area contributed by atoms with E-state index in [1.165, 1.54) is 6.07 Å². The Bertz CT molecular complexity index is 744. The van der Waals surface area contributed by atoms with Crippen LogP contribution >= 0.6 is 0 Å². The summed E-state index contributed by atoms with van der Waals surface area (Å²) in [5.41, 5.74) is -0.907. The van der Waals surface area contributed by atoms with Crippen molar-refractivity contribution in [2.75, 3.05) is 13.3 Å². The summed E-state index contributed by atoms with van der Waals surface area (Å²) in [6.07, 6.45) is 1.80. The first-order valence-corrected chi connectivity index (χ1v) is 7.72. The number of hydrogen-bond acceptors (Lipinski definition) is 6. The van der Waals surface area contributed by atoms with Crippen LogP contribution in [0.15, 0.2) is 18.2 Å². The van der Waals surface area contributed by atoms with E-state index in [0.29, 0.717) is 11.5 Å². The van der Waals surface area contributed by atoms with Gasteiger partial charge in [-0.15, -0.1) is 0 Å². The number of amides is 3. The lowest BCUT2D eigenvalue weighted by Crippen LogP contribution is -2.46. The lowest BCUT2D eigenvalue weighted by molar-refractivity contribution is -0.141. The minimum atomic E-state index is -0.907. The van der Waals surface area contributed by atoms with E-state index in [2.05, 4.69) is 5.32 Å². The zero-order valence-corrected chi connectivity index (χ0v) is 13.0. The van der Waals surface area contributed by atoms with Crippen molar-refractivity contribution < 1.29 is 28.6 Å². The topological polar surface area (TPSA) is 94.2 Å². The van der Waals surface area contributed by atoms with Gasteiger partial charge in [-0.25, -0.2) is 9.59 Å². The van der Waals surface area contributed by atoms with Crippen LogP contribution in [0.4, 0.5) is 4.79 Å². The van der Waals surface area contributed by atoms with Crippen LogP contribution in [0.3, 0.4) is 0 Å². The minimum absolute atomic E-state index is 0.120. The fraction of sp³-hybridized carbons (Fsp3) is 0.438. The fourth-order valence-electron chi connectivity index (χ4n) is 3.03. The highest BCUT2D eigenvalue weighted by atomic mass is 16.7. The van der Waals surface area contributed by atoms with Gasteiger partial charge >= 0.3 is 12.0 Å². The summed E-state index contributed by atoms with van der Waals surface area (Å²) in [6, 6.07) is 4.16. The molecule has 0 unspecified atom stereocenters. The average molecular weight is 332 g/mol. The molecule has 0 radical (unpaired) electrons. The Morgan fingerprint density at radius 2 is 2.08 bits per heavy atom. The van der Waals surface area contributed by atoms with Crippen LogP contribution in [0.2, 0.25) is 0 Å². The Hall–Kier alpha value is -2.77. The third-order valence-corrected chi connectivity index (χ3v) is 4.56. The van der Waals surface area contributed by atoms with E-state index in [4.69, 9.17) is 14.2 Å². The maximum absolute atomic E-state index is 12.5. The van der Waals surface area contributed by atoms with Gasteiger partial charge in [0.15, 0.2) is 11.5 Å². The van der Waals surface area contributed by atoms with Gasteiger partial charge in [0.05, 0.1) is 0 Å². The van der Waals surface area contributed by atoms with Crippen LogP contribution in [-0.4, -0.2) is 41.7 Å². The SMILES string of the molecule is C[C@@]1(C2CC2)NC(=O)N(CC(=O)Oc2ccc3c(c2)OCO3)C1=O. The van der Waals surface area contributed by atoms with Crippen molar-refractivity contribution in [3.8, 4) is 17.2 Å². The number of nitrogens with zero attached hydrogens (tertiary/aromatic N) is 1. The van der Waals surface area contributed by atoms with Gasteiger partial charge in [-0.1, -0.05) is 0 Å². The summed E-state index contributed by atoms with van der Waals surface area (Å²) in [4.78, 5) is 37.5. The number of imide groups is 1. The standard InChI is InChI=1S/C16H16N2O6/c1-16(9-2-3-9)14(20)18(15(21)17-16)7-13(19)24-10-4-5-11-12(6-10)23-8-22-11/h4-6,9H,2-3,7-8H2,1H3,(H,17,21)/t16-/m0/s1. The molecule has 8 heteroatoms. The molecule has 8 nitrogen and oxygen atoms in total. The van der Waals surface area contributed by atoms with Crippen molar-refractivity contribution in [1.82, 2.24) is 10.2 Å². The number of carbonyl (C=O) groups excluding carboxylic acids is 3. The maximum Gasteiger partial charge on any atom is 0.331 e. The van der Waals surface area contributed by atoms with Gasteiger partial charge < -0.3 is 19.5 Å². The molecule has 1 aromatic carbocycles. The van der Waals surface area contributed by atoms with Crippen LogP contribution in [-0.2, 0) is 9.59 Å². The van der Waals surface area contributed by atoms with E-state index in [-0.39, 0.29) is 24.4 Å².